The average Bonchev–Trinajstić information content (AvgIpc) is 2.85. The summed E-state index contributed by atoms with van der Waals surface area (Å²) in [6, 6.07) is 4.27. The van der Waals surface area contributed by atoms with Gasteiger partial charge in [0.05, 0.1) is 23.3 Å². The number of hydrogen-bond acceptors (Lipinski definition) is 8. The van der Waals surface area contributed by atoms with Crippen LogP contribution in [0.3, 0.4) is 0 Å². The first-order valence-corrected chi connectivity index (χ1v) is 11.2. The minimum atomic E-state index is -0.807. The van der Waals surface area contributed by atoms with Gasteiger partial charge in [-0.15, -0.1) is 0 Å². The molecule has 2 aliphatic rings. The first-order valence-electron chi connectivity index (χ1n) is 11.2. The first kappa shape index (κ1) is 21.2. The van der Waals surface area contributed by atoms with Gasteiger partial charge in [-0.1, -0.05) is 18.2 Å². The molecule has 10 heteroatoms. The molecule has 174 valence electrons. The fourth-order valence-corrected chi connectivity index (χ4v) is 4.16. The third kappa shape index (κ3) is 4.08. The highest BCUT2D eigenvalue weighted by Gasteiger charge is 2.22. The summed E-state index contributed by atoms with van der Waals surface area (Å²) in [5, 5.41) is 7.14. The van der Waals surface area contributed by atoms with Crippen molar-refractivity contribution in [3.8, 4) is 11.4 Å². The van der Waals surface area contributed by atoms with Crippen molar-refractivity contribution >= 4 is 33.9 Å². The molecule has 6 rings (SSSR count). The average molecular weight is 470 g/mol. The quantitative estimate of drug-likeness (QED) is 0.454. The van der Waals surface area contributed by atoms with E-state index in [2.05, 4.69) is 42.6 Å². The van der Waals surface area contributed by atoms with Crippen molar-refractivity contribution in [3.05, 3.63) is 78.4 Å². The van der Waals surface area contributed by atoms with E-state index < -0.39 is 11.6 Å². The zero-order valence-corrected chi connectivity index (χ0v) is 18.5. The number of allylic oxidation sites excluding steroid dienone is 4. The molecule has 1 aliphatic heterocycles. The Kier molecular flexibility index (Phi) is 5.34. The molecule has 0 aromatic carbocycles. The maximum absolute atomic E-state index is 14.1. The summed E-state index contributed by atoms with van der Waals surface area (Å²) in [4.78, 5) is 24.5. The summed E-state index contributed by atoms with van der Waals surface area (Å²) in [5.41, 5.74) is 3.52. The predicted octanol–water partition coefficient (Wildman–Crippen LogP) is 3.87. The molecule has 0 atom stereocenters. The first-order chi connectivity index (χ1) is 17.2. The van der Waals surface area contributed by atoms with Gasteiger partial charge >= 0.3 is 0 Å². The Labute approximate surface area is 199 Å². The van der Waals surface area contributed by atoms with Crippen molar-refractivity contribution in [2.45, 2.75) is 0 Å². The van der Waals surface area contributed by atoms with Crippen molar-refractivity contribution in [2.24, 2.45) is 0 Å². The highest BCUT2D eigenvalue weighted by atomic mass is 19.1. The maximum atomic E-state index is 14.1. The van der Waals surface area contributed by atoms with E-state index in [1.54, 1.807) is 24.5 Å². The van der Waals surface area contributed by atoms with Crippen LogP contribution in [-0.2, 0) is 0 Å². The second-order valence-electron chi connectivity index (χ2n) is 8.21. The largest absolute Gasteiger partial charge is 0.353 e. The number of rotatable bonds is 5. The molecule has 8 nitrogen and oxygen atoms in total. The predicted molar refractivity (Wildman–Crippen MR) is 130 cm³/mol. The van der Waals surface area contributed by atoms with Crippen LogP contribution in [0.2, 0.25) is 0 Å². The topological polar surface area (TPSA) is 91.8 Å². The molecule has 5 heterocycles. The molecule has 4 aromatic rings. The van der Waals surface area contributed by atoms with Gasteiger partial charge in [0.2, 0.25) is 0 Å². The van der Waals surface area contributed by atoms with E-state index in [1.165, 1.54) is 0 Å². The number of hydrogen-bond donors (Lipinski definition) is 2. The lowest BCUT2D eigenvalue weighted by Crippen LogP contribution is -2.44. The van der Waals surface area contributed by atoms with Gasteiger partial charge in [0, 0.05) is 55.8 Å². The summed E-state index contributed by atoms with van der Waals surface area (Å²) in [7, 11) is 0. The molecule has 35 heavy (non-hydrogen) atoms. The van der Waals surface area contributed by atoms with Crippen LogP contribution in [0.15, 0.2) is 61.2 Å². The third-order valence-corrected chi connectivity index (χ3v) is 5.94. The molecule has 0 amide bonds. The molecule has 0 spiro atoms. The van der Waals surface area contributed by atoms with Crippen LogP contribution in [0, 0.1) is 11.6 Å². The number of halogens is 2. The smallest absolute Gasteiger partial charge is 0.168 e. The van der Waals surface area contributed by atoms with Crippen molar-refractivity contribution in [3.63, 3.8) is 0 Å². The molecule has 4 aromatic heterocycles. The number of aromatic nitrogens is 5. The summed E-state index contributed by atoms with van der Waals surface area (Å²) in [5.74, 6) is 0.0139. The number of pyridine rings is 3. The van der Waals surface area contributed by atoms with Crippen molar-refractivity contribution < 1.29 is 8.78 Å². The number of piperazine rings is 1. The van der Waals surface area contributed by atoms with Crippen molar-refractivity contribution in [2.75, 3.05) is 36.4 Å². The van der Waals surface area contributed by atoms with Crippen molar-refractivity contribution in [1.29, 1.82) is 0 Å². The van der Waals surface area contributed by atoms with Crippen LogP contribution >= 0.6 is 0 Å². The lowest BCUT2D eigenvalue weighted by molar-refractivity contribution is 0.576. The SMILES string of the molecule is Fc1cnc(Nc2cc(-c3nc(N4CCNCC4)c4c(C5=CC=C5)cncc4n3)ccn2)c(F)c1. The second kappa shape index (κ2) is 8.80. The highest BCUT2D eigenvalue weighted by molar-refractivity contribution is 6.02. The molecular formula is C25H20F2N8. The Bertz CT molecular complexity index is 1490. The van der Waals surface area contributed by atoms with E-state index in [4.69, 9.17) is 9.97 Å². The molecule has 0 saturated carbocycles. The van der Waals surface area contributed by atoms with Crippen LogP contribution in [-0.4, -0.2) is 51.1 Å². The minimum absolute atomic E-state index is 0.118. The lowest BCUT2D eigenvalue weighted by atomic mass is 9.97. The summed E-state index contributed by atoms with van der Waals surface area (Å²) in [6.45, 7) is 3.37. The second-order valence-corrected chi connectivity index (χ2v) is 8.21. The Balaban J connectivity index is 1.44. The van der Waals surface area contributed by atoms with Crippen LogP contribution in [0.25, 0.3) is 27.9 Å². The van der Waals surface area contributed by atoms with E-state index in [0.717, 1.165) is 66.3 Å². The Morgan fingerprint density at radius 1 is 1.00 bits per heavy atom. The molecule has 1 aliphatic carbocycles. The molecule has 0 unspecified atom stereocenters. The van der Waals surface area contributed by atoms with E-state index in [1.807, 2.05) is 12.3 Å². The lowest BCUT2D eigenvalue weighted by Gasteiger charge is -2.30. The maximum Gasteiger partial charge on any atom is 0.168 e. The van der Waals surface area contributed by atoms with Gasteiger partial charge in [-0.2, -0.15) is 0 Å². The van der Waals surface area contributed by atoms with Crippen LogP contribution in [0.4, 0.5) is 26.2 Å². The van der Waals surface area contributed by atoms with Gasteiger partial charge in [0.1, 0.15) is 17.5 Å². The normalized spacial score (nSPS) is 15.1. The zero-order chi connectivity index (χ0) is 23.8. The number of nitrogens with one attached hydrogen (secondary N) is 2. The van der Waals surface area contributed by atoms with Gasteiger partial charge in [-0.3, -0.25) is 4.98 Å². The highest BCUT2D eigenvalue weighted by Crippen LogP contribution is 2.35. The number of anilines is 3. The third-order valence-electron chi connectivity index (χ3n) is 5.94. The van der Waals surface area contributed by atoms with E-state index in [0.29, 0.717) is 17.2 Å². The Morgan fingerprint density at radius 3 is 2.63 bits per heavy atom. The van der Waals surface area contributed by atoms with Crippen LogP contribution in [0.5, 0.6) is 0 Å². The van der Waals surface area contributed by atoms with E-state index >= 15 is 0 Å². The standard InChI is InChI=1S/C25H20F2N8/c26-17-11-19(27)24(31-12-17)33-21-10-16(4-5-30-21)23-32-20-14-29-13-18(15-2-1-3-15)22(20)25(34-23)35-8-6-28-7-9-35/h1-5,10-14,28H,6-9H2,(H,30,31,33). The van der Waals surface area contributed by atoms with Gasteiger partial charge in [0.25, 0.3) is 0 Å². The summed E-state index contributed by atoms with van der Waals surface area (Å²) < 4.78 is 27.3. The van der Waals surface area contributed by atoms with Crippen LogP contribution < -0.4 is 15.5 Å². The fourth-order valence-electron chi connectivity index (χ4n) is 4.16. The van der Waals surface area contributed by atoms with Crippen LogP contribution in [0.1, 0.15) is 5.56 Å². The monoisotopic (exact) mass is 470 g/mol. The molecule has 1 fully saturated rings. The number of fused-ring (bicyclic) bond motifs is 1. The van der Waals surface area contributed by atoms with E-state index in [-0.39, 0.29) is 5.82 Å². The summed E-state index contributed by atoms with van der Waals surface area (Å²) in [6.07, 6.45) is 12.2. The fraction of sp³-hybridized carbons (Fsp3) is 0.160. The van der Waals surface area contributed by atoms with Gasteiger partial charge < -0.3 is 15.5 Å². The molecule has 0 radical (unpaired) electrons. The molecule has 1 saturated heterocycles. The zero-order valence-electron chi connectivity index (χ0n) is 18.5. The summed E-state index contributed by atoms with van der Waals surface area (Å²) >= 11 is 0. The van der Waals surface area contributed by atoms with Gasteiger partial charge in [0.15, 0.2) is 17.5 Å². The Morgan fingerprint density at radius 2 is 1.86 bits per heavy atom. The van der Waals surface area contributed by atoms with E-state index in [9.17, 15) is 8.78 Å². The minimum Gasteiger partial charge on any atom is -0.353 e. The van der Waals surface area contributed by atoms with Gasteiger partial charge in [-0.05, 0) is 17.7 Å². The molecule has 0 bridgehead atoms. The van der Waals surface area contributed by atoms with Gasteiger partial charge in [-0.25, -0.2) is 28.7 Å². The van der Waals surface area contributed by atoms with Crippen molar-refractivity contribution in [1.82, 2.24) is 30.2 Å². The Hall–Kier alpha value is -4.31. The number of nitrogens with zero attached hydrogens (tertiary/aromatic N) is 6. The molecular weight excluding hydrogens is 450 g/mol. The molecule has 2 N–H and O–H groups in total.